The van der Waals surface area contributed by atoms with Crippen LogP contribution in [-0.2, 0) is 4.79 Å². The number of rotatable bonds is 8. The van der Waals surface area contributed by atoms with Crippen molar-refractivity contribution in [3.05, 3.63) is 28.2 Å². The van der Waals surface area contributed by atoms with E-state index in [4.69, 9.17) is 4.74 Å². The van der Waals surface area contributed by atoms with Gasteiger partial charge in [0, 0.05) is 22.1 Å². The molecule has 4 nitrogen and oxygen atoms in total. The molecule has 0 aliphatic heterocycles. The summed E-state index contributed by atoms with van der Waals surface area (Å²) in [7, 11) is 0. The number of nitrogens with one attached hydrogen (secondary N) is 2. The molecule has 0 radical (unpaired) electrons. The summed E-state index contributed by atoms with van der Waals surface area (Å²) in [4.78, 5) is 11.7. The van der Waals surface area contributed by atoms with Crippen molar-refractivity contribution in [3.63, 3.8) is 0 Å². The van der Waals surface area contributed by atoms with Crippen LogP contribution in [-0.4, -0.2) is 25.1 Å². The van der Waals surface area contributed by atoms with Crippen LogP contribution in [0.3, 0.4) is 0 Å². The molecular weight excluding hydrogens is 332 g/mol. The lowest BCUT2D eigenvalue weighted by atomic mass is 10.1. The molecule has 1 aromatic carbocycles. The summed E-state index contributed by atoms with van der Waals surface area (Å²) in [5, 5.41) is 6.37. The number of carbonyl (C=O) groups is 1. The van der Waals surface area contributed by atoms with Gasteiger partial charge < -0.3 is 15.4 Å². The largest absolute Gasteiger partial charge is 0.483 e. The van der Waals surface area contributed by atoms with Crippen LogP contribution < -0.4 is 15.4 Å². The molecule has 1 aromatic rings. The molecule has 5 heteroatoms. The molecule has 0 spiro atoms. The molecule has 0 bridgehead atoms. The molecule has 1 fully saturated rings. The minimum absolute atomic E-state index is 0.0439. The second-order valence-electron chi connectivity index (χ2n) is 5.49. The zero-order valence-electron chi connectivity index (χ0n) is 12.6. The van der Waals surface area contributed by atoms with Crippen molar-refractivity contribution >= 4 is 21.8 Å². The fourth-order valence-electron chi connectivity index (χ4n) is 2.10. The van der Waals surface area contributed by atoms with E-state index in [1.54, 1.807) is 0 Å². The van der Waals surface area contributed by atoms with E-state index in [1.807, 2.05) is 18.2 Å². The van der Waals surface area contributed by atoms with E-state index >= 15 is 0 Å². The summed E-state index contributed by atoms with van der Waals surface area (Å²) in [5.41, 5.74) is 1.07. The monoisotopic (exact) mass is 354 g/mol. The van der Waals surface area contributed by atoms with E-state index in [0.29, 0.717) is 6.04 Å². The first-order valence-corrected chi connectivity index (χ1v) is 8.34. The van der Waals surface area contributed by atoms with Gasteiger partial charge in [0.25, 0.3) is 5.91 Å². The Labute approximate surface area is 134 Å². The lowest BCUT2D eigenvalue weighted by Crippen LogP contribution is -2.30. The number of carbonyl (C=O) groups excluding carboxylic acids is 1. The number of hydrogen-bond acceptors (Lipinski definition) is 3. The first-order chi connectivity index (χ1) is 10.1. The van der Waals surface area contributed by atoms with Gasteiger partial charge in [0.1, 0.15) is 5.75 Å². The van der Waals surface area contributed by atoms with Crippen LogP contribution in [0.1, 0.15) is 44.7 Å². The predicted octanol–water partition coefficient (Wildman–Crippen LogP) is 3.17. The molecule has 1 unspecified atom stereocenters. The number of halogens is 1. The Hall–Kier alpha value is -1.07. The zero-order valence-corrected chi connectivity index (χ0v) is 14.2. The Kier molecular flexibility index (Phi) is 6.06. The molecule has 1 aliphatic rings. The molecule has 0 aromatic heterocycles. The third-order valence-corrected chi connectivity index (χ3v) is 3.94. The van der Waals surface area contributed by atoms with Crippen molar-refractivity contribution < 1.29 is 9.53 Å². The number of benzene rings is 1. The molecule has 2 N–H and O–H groups in total. The van der Waals surface area contributed by atoms with Gasteiger partial charge in [-0.1, -0.05) is 28.9 Å². The number of hydrogen-bond donors (Lipinski definition) is 2. The maximum atomic E-state index is 11.7. The number of ether oxygens (including phenoxy) is 1. The molecular formula is C16H23BrN2O2. The highest BCUT2D eigenvalue weighted by atomic mass is 79.9. The van der Waals surface area contributed by atoms with Crippen molar-refractivity contribution in [1.82, 2.24) is 10.6 Å². The van der Waals surface area contributed by atoms with Gasteiger partial charge >= 0.3 is 0 Å². The van der Waals surface area contributed by atoms with Crippen LogP contribution >= 0.6 is 15.9 Å². The van der Waals surface area contributed by atoms with Crippen molar-refractivity contribution in [2.75, 3.05) is 13.2 Å². The molecule has 1 amide bonds. The highest BCUT2D eigenvalue weighted by molar-refractivity contribution is 9.10. The normalized spacial score (nSPS) is 15.6. The second-order valence-corrected chi connectivity index (χ2v) is 6.40. The molecule has 21 heavy (non-hydrogen) atoms. The van der Waals surface area contributed by atoms with Gasteiger partial charge in [-0.05, 0) is 44.9 Å². The third-order valence-electron chi connectivity index (χ3n) is 3.44. The molecule has 0 heterocycles. The summed E-state index contributed by atoms with van der Waals surface area (Å²) >= 11 is 3.45. The molecule has 1 saturated carbocycles. The minimum Gasteiger partial charge on any atom is -0.483 e. The lowest BCUT2D eigenvalue weighted by Gasteiger charge is -2.18. The van der Waals surface area contributed by atoms with Gasteiger partial charge in [-0.25, -0.2) is 0 Å². The maximum absolute atomic E-state index is 11.7. The van der Waals surface area contributed by atoms with E-state index in [-0.39, 0.29) is 18.6 Å². The smallest absolute Gasteiger partial charge is 0.258 e. The zero-order chi connectivity index (χ0) is 15.2. The molecule has 1 atom stereocenters. The summed E-state index contributed by atoms with van der Waals surface area (Å²) < 4.78 is 6.68. The van der Waals surface area contributed by atoms with E-state index in [1.165, 1.54) is 0 Å². The molecule has 0 saturated heterocycles. The summed E-state index contributed by atoms with van der Waals surface area (Å²) in [6.45, 7) is 5.27. The molecule has 2 rings (SSSR count). The topological polar surface area (TPSA) is 50.4 Å². The van der Waals surface area contributed by atoms with Gasteiger partial charge in [-0.3, -0.25) is 4.79 Å². The number of amides is 1. The molecule has 1 aliphatic carbocycles. The van der Waals surface area contributed by atoms with Crippen molar-refractivity contribution in [1.29, 1.82) is 0 Å². The Morgan fingerprint density at radius 2 is 2.24 bits per heavy atom. The van der Waals surface area contributed by atoms with Crippen LogP contribution in [0.15, 0.2) is 22.7 Å². The van der Waals surface area contributed by atoms with E-state index < -0.39 is 0 Å². The van der Waals surface area contributed by atoms with Gasteiger partial charge in [-0.15, -0.1) is 0 Å². The van der Waals surface area contributed by atoms with Crippen LogP contribution in [0.4, 0.5) is 0 Å². The van der Waals surface area contributed by atoms with E-state index in [9.17, 15) is 4.79 Å². The average Bonchev–Trinajstić information content (AvgIpc) is 3.26. The Morgan fingerprint density at radius 1 is 1.48 bits per heavy atom. The van der Waals surface area contributed by atoms with E-state index in [0.717, 1.165) is 41.6 Å². The fraction of sp³-hybridized carbons (Fsp3) is 0.562. The predicted molar refractivity (Wildman–Crippen MR) is 87.5 cm³/mol. The van der Waals surface area contributed by atoms with Crippen molar-refractivity contribution in [3.8, 4) is 5.75 Å². The highest BCUT2D eigenvalue weighted by Crippen LogP contribution is 2.29. The SMILES string of the molecule is CCCNC(C)c1ccc(Br)cc1OCC(=O)NC1CC1. The standard InChI is InChI=1S/C16H23BrN2O2/c1-3-8-18-11(2)14-7-4-12(17)9-15(14)21-10-16(20)19-13-5-6-13/h4,7,9,11,13,18H,3,5-6,8,10H2,1-2H3,(H,19,20). The molecule has 116 valence electrons. The maximum Gasteiger partial charge on any atom is 0.258 e. The first-order valence-electron chi connectivity index (χ1n) is 7.55. The summed E-state index contributed by atoms with van der Waals surface area (Å²) in [6.07, 6.45) is 3.26. The second kappa shape index (κ2) is 7.80. The van der Waals surface area contributed by atoms with Gasteiger partial charge in [-0.2, -0.15) is 0 Å². The van der Waals surface area contributed by atoms with Gasteiger partial charge in [0.15, 0.2) is 6.61 Å². The summed E-state index contributed by atoms with van der Waals surface area (Å²) in [5.74, 6) is 0.712. The Morgan fingerprint density at radius 3 is 2.90 bits per heavy atom. The van der Waals surface area contributed by atoms with Crippen LogP contribution in [0.2, 0.25) is 0 Å². The van der Waals surface area contributed by atoms with Gasteiger partial charge in [0.05, 0.1) is 0 Å². The first kappa shape index (κ1) is 16.3. The van der Waals surface area contributed by atoms with E-state index in [2.05, 4.69) is 40.4 Å². The Bertz CT molecular complexity index is 489. The fourth-order valence-corrected chi connectivity index (χ4v) is 2.44. The van der Waals surface area contributed by atoms with Crippen molar-refractivity contribution in [2.24, 2.45) is 0 Å². The Balaban J connectivity index is 1.98. The highest BCUT2D eigenvalue weighted by Gasteiger charge is 2.23. The van der Waals surface area contributed by atoms with Crippen LogP contribution in [0.5, 0.6) is 5.75 Å². The van der Waals surface area contributed by atoms with Gasteiger partial charge in [0.2, 0.25) is 0 Å². The minimum atomic E-state index is -0.0439. The lowest BCUT2D eigenvalue weighted by molar-refractivity contribution is -0.123. The van der Waals surface area contributed by atoms with Crippen molar-refractivity contribution in [2.45, 2.75) is 45.2 Å². The third kappa shape index (κ3) is 5.32. The quantitative estimate of drug-likeness (QED) is 0.753. The average molecular weight is 355 g/mol. The van der Waals surface area contributed by atoms with Crippen LogP contribution in [0.25, 0.3) is 0 Å². The van der Waals surface area contributed by atoms with Crippen LogP contribution in [0, 0.1) is 0 Å². The summed E-state index contributed by atoms with van der Waals surface area (Å²) in [6, 6.07) is 6.51.